The standard InChI is InChI=1S/C19H15F3N2O4/c1-2-14(25)15-16(13-5-3-4-10-23-13)24(18(27)17(15)26)11-6-8-12(9-7-11)28-19(20,21)22/h3-10,16,26H,2H2,1H3. The molecular formula is C19H15F3N2O4. The van der Waals surface area contributed by atoms with Gasteiger partial charge in [-0.25, -0.2) is 0 Å². The molecule has 1 aliphatic heterocycles. The van der Waals surface area contributed by atoms with Gasteiger partial charge in [0.05, 0.1) is 11.3 Å². The van der Waals surface area contributed by atoms with Gasteiger partial charge in [0.2, 0.25) is 0 Å². The monoisotopic (exact) mass is 392 g/mol. The Morgan fingerprint density at radius 2 is 1.89 bits per heavy atom. The van der Waals surface area contributed by atoms with E-state index < -0.39 is 35.6 Å². The highest BCUT2D eigenvalue weighted by atomic mass is 19.4. The van der Waals surface area contributed by atoms with Crippen LogP contribution >= 0.6 is 0 Å². The predicted molar refractivity (Wildman–Crippen MR) is 92.5 cm³/mol. The Kier molecular flexibility index (Phi) is 5.08. The van der Waals surface area contributed by atoms with Crippen LogP contribution in [0.1, 0.15) is 25.1 Å². The van der Waals surface area contributed by atoms with E-state index in [0.717, 1.165) is 17.0 Å². The molecule has 0 saturated carbocycles. The number of anilines is 1. The highest BCUT2D eigenvalue weighted by Crippen LogP contribution is 2.41. The summed E-state index contributed by atoms with van der Waals surface area (Å²) in [6.45, 7) is 1.59. The van der Waals surface area contributed by atoms with E-state index in [1.165, 1.54) is 18.3 Å². The van der Waals surface area contributed by atoms with Crippen LogP contribution < -0.4 is 9.64 Å². The molecule has 6 nitrogen and oxygen atoms in total. The van der Waals surface area contributed by atoms with Gasteiger partial charge >= 0.3 is 6.36 Å². The molecule has 9 heteroatoms. The smallest absolute Gasteiger partial charge is 0.503 e. The van der Waals surface area contributed by atoms with Gasteiger partial charge in [0, 0.05) is 18.3 Å². The molecular weight excluding hydrogens is 377 g/mol. The molecule has 1 atom stereocenters. The van der Waals surface area contributed by atoms with Gasteiger partial charge in [-0.05, 0) is 36.4 Å². The van der Waals surface area contributed by atoms with Crippen molar-refractivity contribution in [2.24, 2.45) is 0 Å². The summed E-state index contributed by atoms with van der Waals surface area (Å²) in [4.78, 5) is 30.3. The molecule has 2 heterocycles. The summed E-state index contributed by atoms with van der Waals surface area (Å²) in [6, 6.07) is 8.48. The van der Waals surface area contributed by atoms with Crippen LogP contribution in [0.2, 0.25) is 0 Å². The number of ether oxygens (including phenoxy) is 1. The Balaban J connectivity index is 2.04. The maximum atomic E-state index is 12.7. The summed E-state index contributed by atoms with van der Waals surface area (Å²) in [7, 11) is 0. The van der Waals surface area contributed by atoms with Gasteiger partial charge in [-0.2, -0.15) is 0 Å². The van der Waals surface area contributed by atoms with E-state index in [2.05, 4.69) is 9.72 Å². The van der Waals surface area contributed by atoms with Crippen LogP contribution in [0.25, 0.3) is 0 Å². The molecule has 0 bridgehead atoms. The zero-order valence-corrected chi connectivity index (χ0v) is 14.6. The first-order valence-electron chi connectivity index (χ1n) is 8.29. The fraction of sp³-hybridized carbons (Fsp3) is 0.211. The molecule has 3 rings (SSSR count). The number of hydrogen-bond donors (Lipinski definition) is 1. The van der Waals surface area contributed by atoms with Crippen LogP contribution in [0, 0.1) is 0 Å². The summed E-state index contributed by atoms with van der Waals surface area (Å²) < 4.78 is 40.9. The number of Topliss-reactive ketones (excluding diaryl/α,β-unsaturated/α-hetero) is 1. The Hall–Kier alpha value is -3.36. The van der Waals surface area contributed by atoms with Gasteiger partial charge in [0.15, 0.2) is 11.5 Å². The van der Waals surface area contributed by atoms with E-state index in [9.17, 15) is 27.9 Å². The lowest BCUT2D eigenvalue weighted by Gasteiger charge is -2.26. The maximum Gasteiger partial charge on any atom is 0.573 e. The molecule has 1 aromatic carbocycles. The third kappa shape index (κ3) is 3.68. The number of benzene rings is 1. The summed E-state index contributed by atoms with van der Waals surface area (Å²) >= 11 is 0. The van der Waals surface area contributed by atoms with Crippen LogP contribution in [-0.4, -0.2) is 28.1 Å². The minimum absolute atomic E-state index is 0.0577. The van der Waals surface area contributed by atoms with Crippen molar-refractivity contribution in [3.63, 3.8) is 0 Å². The molecule has 28 heavy (non-hydrogen) atoms. The van der Waals surface area contributed by atoms with Gasteiger partial charge < -0.3 is 9.84 Å². The molecule has 0 fully saturated rings. The molecule has 1 unspecified atom stereocenters. The van der Waals surface area contributed by atoms with Crippen molar-refractivity contribution in [3.05, 3.63) is 65.7 Å². The minimum Gasteiger partial charge on any atom is -0.503 e. The number of nitrogens with zero attached hydrogens (tertiary/aromatic N) is 2. The molecule has 0 radical (unpaired) electrons. The fourth-order valence-electron chi connectivity index (χ4n) is 2.97. The Labute approximate surface area is 157 Å². The first-order chi connectivity index (χ1) is 13.2. The molecule has 2 aromatic rings. The number of amides is 1. The third-order valence-corrected chi connectivity index (χ3v) is 4.15. The van der Waals surface area contributed by atoms with Crippen molar-refractivity contribution in [3.8, 4) is 5.75 Å². The number of aromatic nitrogens is 1. The lowest BCUT2D eigenvalue weighted by molar-refractivity contribution is -0.274. The van der Waals surface area contributed by atoms with Crippen LogP contribution in [0.15, 0.2) is 60.0 Å². The van der Waals surface area contributed by atoms with E-state index >= 15 is 0 Å². The normalized spacial score (nSPS) is 17.2. The fourth-order valence-corrected chi connectivity index (χ4v) is 2.97. The Morgan fingerprint density at radius 3 is 2.43 bits per heavy atom. The number of alkyl halides is 3. The first-order valence-corrected chi connectivity index (χ1v) is 8.29. The van der Waals surface area contributed by atoms with Crippen LogP contribution in [0.3, 0.4) is 0 Å². The molecule has 0 aliphatic carbocycles. The lowest BCUT2D eigenvalue weighted by atomic mass is 9.98. The largest absolute Gasteiger partial charge is 0.573 e. The Bertz CT molecular complexity index is 924. The van der Waals surface area contributed by atoms with Gasteiger partial charge in [-0.15, -0.1) is 13.2 Å². The zero-order valence-electron chi connectivity index (χ0n) is 14.6. The van der Waals surface area contributed by atoms with Crippen LogP contribution in [-0.2, 0) is 9.59 Å². The topological polar surface area (TPSA) is 79.7 Å². The van der Waals surface area contributed by atoms with E-state index in [0.29, 0.717) is 5.69 Å². The lowest BCUT2D eigenvalue weighted by Crippen LogP contribution is -2.31. The molecule has 146 valence electrons. The van der Waals surface area contributed by atoms with E-state index in [1.807, 2.05) is 0 Å². The van der Waals surface area contributed by atoms with Crippen LogP contribution in [0.4, 0.5) is 18.9 Å². The number of halogens is 3. The van der Waals surface area contributed by atoms with Gasteiger partial charge in [-0.3, -0.25) is 19.5 Å². The molecule has 1 aromatic heterocycles. The number of rotatable bonds is 5. The number of hydrogen-bond acceptors (Lipinski definition) is 5. The highest BCUT2D eigenvalue weighted by molar-refractivity contribution is 6.16. The predicted octanol–water partition coefficient (Wildman–Crippen LogP) is 3.86. The molecule has 1 amide bonds. The van der Waals surface area contributed by atoms with Crippen molar-refractivity contribution in [1.82, 2.24) is 4.98 Å². The maximum absolute atomic E-state index is 12.7. The number of carbonyl (C=O) groups excluding carboxylic acids is 2. The number of aliphatic hydroxyl groups excluding tert-OH is 1. The van der Waals surface area contributed by atoms with Crippen molar-refractivity contribution in [2.75, 3.05) is 4.90 Å². The average molecular weight is 392 g/mol. The molecule has 0 saturated heterocycles. The van der Waals surface area contributed by atoms with Crippen molar-refractivity contribution in [2.45, 2.75) is 25.7 Å². The van der Waals surface area contributed by atoms with Crippen LogP contribution in [0.5, 0.6) is 5.75 Å². The number of aliphatic hydroxyl groups is 1. The van der Waals surface area contributed by atoms with Gasteiger partial charge in [0.1, 0.15) is 11.8 Å². The summed E-state index contributed by atoms with van der Waals surface area (Å²) in [6.07, 6.45) is -3.31. The molecule has 1 N–H and O–H groups in total. The van der Waals surface area contributed by atoms with Crippen molar-refractivity contribution < 1.29 is 32.6 Å². The van der Waals surface area contributed by atoms with Gasteiger partial charge in [-0.1, -0.05) is 13.0 Å². The first kappa shape index (κ1) is 19.4. The van der Waals surface area contributed by atoms with Gasteiger partial charge in [0.25, 0.3) is 5.91 Å². The molecule has 1 aliphatic rings. The second-order valence-corrected chi connectivity index (χ2v) is 5.91. The number of pyridine rings is 1. The quantitative estimate of drug-likeness (QED) is 0.836. The van der Waals surface area contributed by atoms with E-state index in [4.69, 9.17) is 0 Å². The zero-order chi connectivity index (χ0) is 20.5. The minimum atomic E-state index is -4.85. The van der Waals surface area contributed by atoms with Crippen molar-refractivity contribution >= 4 is 17.4 Å². The third-order valence-electron chi connectivity index (χ3n) is 4.15. The Morgan fingerprint density at radius 1 is 1.21 bits per heavy atom. The summed E-state index contributed by atoms with van der Waals surface area (Å²) in [5.74, 6) is -2.42. The SMILES string of the molecule is CCC(=O)C1=C(O)C(=O)N(c2ccc(OC(F)(F)F)cc2)C1c1ccccn1. The summed E-state index contributed by atoms with van der Waals surface area (Å²) in [5, 5.41) is 10.3. The van der Waals surface area contributed by atoms with Crippen molar-refractivity contribution in [1.29, 1.82) is 0 Å². The average Bonchev–Trinajstić information content (AvgIpc) is 2.92. The number of carbonyl (C=O) groups is 2. The summed E-state index contributed by atoms with van der Waals surface area (Å²) in [5.41, 5.74) is 0.426. The van der Waals surface area contributed by atoms with E-state index in [-0.39, 0.29) is 17.7 Å². The number of ketones is 1. The second kappa shape index (κ2) is 7.34. The second-order valence-electron chi connectivity index (χ2n) is 5.91. The van der Waals surface area contributed by atoms with E-state index in [1.54, 1.807) is 25.1 Å². The highest BCUT2D eigenvalue weighted by Gasteiger charge is 2.44. The molecule has 0 spiro atoms.